The maximum atomic E-state index is 13.0. The number of nitrogens with one attached hydrogen (secondary N) is 1. The summed E-state index contributed by atoms with van der Waals surface area (Å²) in [5.74, 6) is 1.29. The van der Waals surface area contributed by atoms with E-state index in [1.807, 2.05) is 72.3 Å². The average Bonchev–Trinajstić information content (AvgIpc) is 3.56. The van der Waals surface area contributed by atoms with Crippen LogP contribution in [0.3, 0.4) is 0 Å². The highest BCUT2D eigenvalue weighted by Crippen LogP contribution is 2.37. The van der Waals surface area contributed by atoms with Crippen molar-refractivity contribution in [3.05, 3.63) is 83.5 Å². The molecule has 0 saturated carbocycles. The lowest BCUT2D eigenvalue weighted by Crippen LogP contribution is -2.17. The summed E-state index contributed by atoms with van der Waals surface area (Å²) in [5.41, 5.74) is 2.87. The third-order valence-corrected chi connectivity index (χ3v) is 7.75. The molecule has 1 unspecified atom stereocenters. The van der Waals surface area contributed by atoms with Crippen molar-refractivity contribution in [3.8, 4) is 22.6 Å². The molecule has 11 heteroatoms. The van der Waals surface area contributed by atoms with E-state index in [-0.39, 0.29) is 17.8 Å². The van der Waals surface area contributed by atoms with Crippen LogP contribution < -0.4 is 14.8 Å². The van der Waals surface area contributed by atoms with E-state index in [0.717, 1.165) is 16.9 Å². The summed E-state index contributed by atoms with van der Waals surface area (Å²) >= 11 is 2.50. The van der Waals surface area contributed by atoms with Crippen molar-refractivity contribution in [2.24, 2.45) is 0 Å². The molecule has 0 bridgehead atoms. The molecule has 0 aliphatic rings. The van der Waals surface area contributed by atoms with Gasteiger partial charge in [-0.05, 0) is 49.2 Å². The number of benzene rings is 2. The fourth-order valence-corrected chi connectivity index (χ4v) is 5.71. The summed E-state index contributed by atoms with van der Waals surface area (Å²) in [5, 5.41) is 14.3. The number of thioether (sulfide) groups is 1. The maximum absolute atomic E-state index is 13.0. The Hall–Kier alpha value is -4.09. The van der Waals surface area contributed by atoms with Gasteiger partial charge in [0.1, 0.15) is 22.1 Å². The minimum Gasteiger partial charge on any atom is -0.497 e. The zero-order valence-corrected chi connectivity index (χ0v) is 24.3. The van der Waals surface area contributed by atoms with Crippen LogP contribution in [0.4, 0.5) is 5.00 Å². The first-order valence-corrected chi connectivity index (χ1v) is 14.2. The number of allylic oxidation sites excluding steroid dienone is 1. The van der Waals surface area contributed by atoms with E-state index >= 15 is 0 Å². The number of anilines is 1. The highest BCUT2D eigenvalue weighted by Gasteiger charge is 2.24. The molecule has 0 fully saturated rings. The van der Waals surface area contributed by atoms with Gasteiger partial charge in [-0.2, -0.15) is 0 Å². The smallest absolute Gasteiger partial charge is 0.341 e. The fraction of sp³-hybridized carbons (Fsp3) is 0.241. The van der Waals surface area contributed by atoms with Gasteiger partial charge in [-0.25, -0.2) is 4.79 Å². The molecule has 40 heavy (non-hydrogen) atoms. The molecule has 1 atom stereocenters. The molecule has 0 saturated heterocycles. The highest BCUT2D eigenvalue weighted by atomic mass is 32.2. The minimum absolute atomic E-state index is 0.0543. The van der Waals surface area contributed by atoms with Crippen molar-refractivity contribution in [1.29, 1.82) is 0 Å². The van der Waals surface area contributed by atoms with Gasteiger partial charge in [0.05, 0.1) is 20.0 Å². The summed E-state index contributed by atoms with van der Waals surface area (Å²) in [4.78, 5) is 25.6. The Morgan fingerprint density at radius 2 is 1.93 bits per heavy atom. The lowest BCUT2D eigenvalue weighted by Gasteiger charge is -2.16. The maximum Gasteiger partial charge on any atom is 0.341 e. The number of amides is 1. The Balaban J connectivity index is 1.47. The van der Waals surface area contributed by atoms with E-state index < -0.39 is 5.97 Å². The van der Waals surface area contributed by atoms with Gasteiger partial charge < -0.3 is 19.5 Å². The molecule has 4 rings (SSSR count). The van der Waals surface area contributed by atoms with E-state index in [2.05, 4.69) is 22.1 Å². The Kier molecular flexibility index (Phi) is 9.62. The second-order valence-electron chi connectivity index (χ2n) is 8.73. The molecule has 2 aromatic heterocycles. The molecule has 1 N–H and O–H groups in total. The van der Waals surface area contributed by atoms with Crippen LogP contribution in [-0.2, 0) is 16.1 Å². The first-order valence-electron chi connectivity index (χ1n) is 12.4. The van der Waals surface area contributed by atoms with Crippen molar-refractivity contribution in [2.75, 3.05) is 25.3 Å². The summed E-state index contributed by atoms with van der Waals surface area (Å²) < 4.78 is 18.2. The van der Waals surface area contributed by atoms with Crippen molar-refractivity contribution in [2.45, 2.75) is 31.7 Å². The van der Waals surface area contributed by atoms with Gasteiger partial charge in [-0.1, -0.05) is 42.1 Å². The van der Waals surface area contributed by atoms with Crippen LogP contribution in [0, 0.1) is 6.92 Å². The lowest BCUT2D eigenvalue weighted by atomic mass is 10.0. The number of aryl methyl sites for hydroxylation is 1. The van der Waals surface area contributed by atoms with E-state index in [0.29, 0.717) is 39.4 Å². The zero-order valence-electron chi connectivity index (χ0n) is 22.7. The van der Waals surface area contributed by atoms with Crippen LogP contribution in [0.1, 0.15) is 34.8 Å². The molecule has 2 heterocycles. The normalized spacial score (nSPS) is 11.5. The Labute approximate surface area is 241 Å². The first-order chi connectivity index (χ1) is 19.3. The van der Waals surface area contributed by atoms with Gasteiger partial charge in [0.15, 0.2) is 17.1 Å². The van der Waals surface area contributed by atoms with Crippen molar-refractivity contribution >= 4 is 40.0 Å². The number of thiophene rings is 1. The largest absolute Gasteiger partial charge is 0.497 e. The molecule has 0 aliphatic heterocycles. The second-order valence-corrected chi connectivity index (χ2v) is 10.5. The molecule has 4 aromatic rings. The number of aromatic nitrogens is 3. The first kappa shape index (κ1) is 28.9. The number of methoxy groups -OCH3 is 2. The molecular weight excluding hydrogens is 548 g/mol. The van der Waals surface area contributed by atoms with Crippen LogP contribution in [0.25, 0.3) is 11.1 Å². The molecule has 0 aliphatic carbocycles. The number of hydrogen-bond donors (Lipinski definition) is 1. The molecular formula is C29H30N4O5S2. The van der Waals surface area contributed by atoms with Crippen molar-refractivity contribution in [1.82, 2.24) is 14.8 Å². The molecule has 2 aromatic carbocycles. The van der Waals surface area contributed by atoms with Crippen LogP contribution in [0.2, 0.25) is 0 Å². The molecule has 0 spiro atoms. The van der Waals surface area contributed by atoms with E-state index in [9.17, 15) is 9.59 Å². The quantitative estimate of drug-likeness (QED) is 0.121. The number of rotatable bonds is 12. The van der Waals surface area contributed by atoms with Crippen LogP contribution in [0.5, 0.6) is 11.5 Å². The standard InChI is InChI=1S/C29H30N4O5S2/c1-6-14-33-26(19(3)38-22-9-7-8-18(2)15-22)31-32-29(33)40-17-24(34)30-27-25(28(35)37-5)23(16-39-27)20-10-12-21(36-4)13-11-20/h6-13,15-16,19H,1,14,17H2,2-5H3,(H,30,34). The monoisotopic (exact) mass is 578 g/mol. The molecule has 0 radical (unpaired) electrons. The van der Waals surface area contributed by atoms with Crippen LogP contribution >= 0.6 is 23.1 Å². The summed E-state index contributed by atoms with van der Waals surface area (Å²) in [6.07, 6.45) is 1.37. The van der Waals surface area contributed by atoms with Gasteiger partial charge in [0.2, 0.25) is 5.91 Å². The van der Waals surface area contributed by atoms with Gasteiger partial charge >= 0.3 is 5.97 Å². The van der Waals surface area contributed by atoms with Crippen LogP contribution in [0.15, 0.2) is 71.7 Å². The number of carbonyl (C=O) groups is 2. The van der Waals surface area contributed by atoms with Crippen LogP contribution in [-0.4, -0.2) is 46.6 Å². The predicted molar refractivity (Wildman–Crippen MR) is 157 cm³/mol. The number of carbonyl (C=O) groups excluding carboxylic acids is 2. The number of hydrogen-bond acceptors (Lipinski definition) is 9. The zero-order chi connectivity index (χ0) is 28.6. The SMILES string of the molecule is C=CCn1c(SCC(=O)Nc2scc(-c3ccc(OC)cc3)c2C(=O)OC)nnc1C(C)Oc1cccc(C)c1. The second kappa shape index (κ2) is 13.3. The molecule has 1 amide bonds. The number of esters is 1. The van der Waals surface area contributed by atoms with E-state index in [4.69, 9.17) is 14.2 Å². The molecule has 9 nitrogen and oxygen atoms in total. The minimum atomic E-state index is -0.534. The van der Waals surface area contributed by atoms with Crippen molar-refractivity contribution < 1.29 is 23.8 Å². The van der Waals surface area contributed by atoms with Gasteiger partial charge in [0, 0.05) is 17.5 Å². The predicted octanol–water partition coefficient (Wildman–Crippen LogP) is 6.17. The lowest BCUT2D eigenvalue weighted by molar-refractivity contribution is -0.113. The highest BCUT2D eigenvalue weighted by molar-refractivity contribution is 7.99. The summed E-state index contributed by atoms with van der Waals surface area (Å²) in [7, 11) is 2.90. The number of nitrogens with zero attached hydrogens (tertiary/aromatic N) is 3. The summed E-state index contributed by atoms with van der Waals surface area (Å²) in [6.45, 7) is 8.20. The fourth-order valence-electron chi connectivity index (χ4n) is 3.98. The average molecular weight is 579 g/mol. The van der Waals surface area contributed by atoms with E-state index in [1.165, 1.54) is 30.2 Å². The molecule has 208 valence electrons. The third-order valence-electron chi connectivity index (χ3n) is 5.89. The van der Waals surface area contributed by atoms with Gasteiger partial charge in [-0.15, -0.1) is 28.1 Å². The summed E-state index contributed by atoms with van der Waals surface area (Å²) in [6, 6.07) is 15.1. The van der Waals surface area contributed by atoms with Gasteiger partial charge in [0.25, 0.3) is 0 Å². The Bertz CT molecular complexity index is 1500. The topological polar surface area (TPSA) is 105 Å². The number of ether oxygens (including phenoxy) is 3. The third kappa shape index (κ3) is 6.72. The van der Waals surface area contributed by atoms with Crippen molar-refractivity contribution in [3.63, 3.8) is 0 Å². The van der Waals surface area contributed by atoms with Gasteiger partial charge in [-0.3, -0.25) is 9.36 Å². The van der Waals surface area contributed by atoms with E-state index in [1.54, 1.807) is 13.2 Å². The Morgan fingerprint density at radius 3 is 2.60 bits per heavy atom. The Morgan fingerprint density at radius 1 is 1.15 bits per heavy atom.